The molecule has 1 saturated heterocycles. The lowest BCUT2D eigenvalue weighted by molar-refractivity contribution is -0.0716. The van der Waals surface area contributed by atoms with Crippen molar-refractivity contribution >= 4 is 21.7 Å². The van der Waals surface area contributed by atoms with Crippen molar-refractivity contribution in [1.82, 2.24) is 0 Å². The molecule has 1 aromatic carbocycles. The fourth-order valence-electron chi connectivity index (χ4n) is 2.66. The molecular formula is C14H15BrO3. The number of benzene rings is 1. The number of hydrogen-bond donors (Lipinski definition) is 0. The van der Waals surface area contributed by atoms with Crippen molar-refractivity contribution in [2.75, 3.05) is 13.2 Å². The van der Waals surface area contributed by atoms with E-state index in [2.05, 4.69) is 15.9 Å². The molecule has 3 rings (SSSR count). The predicted molar refractivity (Wildman–Crippen MR) is 71.2 cm³/mol. The zero-order valence-corrected chi connectivity index (χ0v) is 11.9. The fourth-order valence-corrected chi connectivity index (χ4v) is 3.00. The van der Waals surface area contributed by atoms with Crippen LogP contribution in [0.3, 0.4) is 0 Å². The van der Waals surface area contributed by atoms with Gasteiger partial charge in [-0.1, -0.05) is 15.9 Å². The Balaban J connectivity index is 2.01. The molecule has 2 aliphatic heterocycles. The summed E-state index contributed by atoms with van der Waals surface area (Å²) in [5, 5.41) is 0. The molecule has 0 N–H and O–H groups in total. The molecule has 1 fully saturated rings. The molecule has 0 saturated carbocycles. The van der Waals surface area contributed by atoms with E-state index in [0.717, 1.165) is 29.5 Å². The van der Waals surface area contributed by atoms with Gasteiger partial charge in [-0.2, -0.15) is 0 Å². The maximum Gasteiger partial charge on any atom is 0.170 e. The molecule has 18 heavy (non-hydrogen) atoms. The summed E-state index contributed by atoms with van der Waals surface area (Å²) < 4.78 is 12.5. The van der Waals surface area contributed by atoms with Crippen LogP contribution >= 0.6 is 15.9 Å². The third-order valence-corrected chi connectivity index (χ3v) is 4.51. The molecule has 0 aromatic heterocycles. The predicted octanol–water partition coefficient (Wildman–Crippen LogP) is 3.27. The Morgan fingerprint density at radius 2 is 2.22 bits per heavy atom. The molecule has 4 heteroatoms. The van der Waals surface area contributed by atoms with Gasteiger partial charge >= 0.3 is 0 Å². The molecule has 2 aliphatic rings. The highest BCUT2D eigenvalue weighted by molar-refractivity contribution is 9.10. The highest BCUT2D eigenvalue weighted by Gasteiger charge is 2.42. The van der Waals surface area contributed by atoms with Crippen LogP contribution in [0.25, 0.3) is 0 Å². The summed E-state index contributed by atoms with van der Waals surface area (Å²) in [6.45, 7) is 3.29. The third kappa shape index (κ3) is 1.97. The lowest BCUT2D eigenvalue weighted by Crippen LogP contribution is -2.48. The zero-order chi connectivity index (χ0) is 12.8. The normalized spacial score (nSPS) is 26.9. The van der Waals surface area contributed by atoms with Gasteiger partial charge in [0.25, 0.3) is 0 Å². The number of carbonyl (C=O) groups excluding carboxylic acids is 1. The lowest BCUT2D eigenvalue weighted by Gasteiger charge is -2.40. The van der Waals surface area contributed by atoms with Crippen molar-refractivity contribution in [1.29, 1.82) is 0 Å². The second-order valence-corrected chi connectivity index (χ2v) is 5.99. The molecule has 0 radical (unpaired) electrons. The van der Waals surface area contributed by atoms with Crippen LogP contribution in [0.15, 0.2) is 16.6 Å². The number of fused-ring (bicyclic) bond motifs is 1. The zero-order valence-electron chi connectivity index (χ0n) is 10.3. The Labute approximate surface area is 115 Å². The molecule has 0 amide bonds. The summed E-state index contributed by atoms with van der Waals surface area (Å²) in [6, 6.07) is 3.80. The first kappa shape index (κ1) is 12.2. The number of aryl methyl sites for hydroxylation is 1. The van der Waals surface area contributed by atoms with Gasteiger partial charge in [-0.3, -0.25) is 4.79 Å². The van der Waals surface area contributed by atoms with Crippen LogP contribution < -0.4 is 4.74 Å². The van der Waals surface area contributed by atoms with Crippen LogP contribution in [0, 0.1) is 6.92 Å². The average molecular weight is 311 g/mol. The van der Waals surface area contributed by atoms with Gasteiger partial charge in [0.2, 0.25) is 0 Å². The third-order valence-electron chi connectivity index (χ3n) is 3.66. The molecule has 1 spiro atoms. The molecular weight excluding hydrogens is 296 g/mol. The minimum Gasteiger partial charge on any atom is -0.484 e. The van der Waals surface area contributed by atoms with E-state index in [1.54, 1.807) is 0 Å². The van der Waals surface area contributed by atoms with Crippen LogP contribution in [-0.2, 0) is 4.74 Å². The first-order valence-electron chi connectivity index (χ1n) is 6.20. The van der Waals surface area contributed by atoms with E-state index in [-0.39, 0.29) is 5.78 Å². The highest BCUT2D eigenvalue weighted by atomic mass is 79.9. The largest absolute Gasteiger partial charge is 0.484 e. The van der Waals surface area contributed by atoms with E-state index in [1.807, 2.05) is 19.1 Å². The summed E-state index contributed by atoms with van der Waals surface area (Å²) >= 11 is 3.46. The summed E-state index contributed by atoms with van der Waals surface area (Å²) in [6.07, 6.45) is 2.28. The molecule has 0 bridgehead atoms. The molecule has 1 atom stereocenters. The van der Waals surface area contributed by atoms with Gasteiger partial charge in [-0.25, -0.2) is 0 Å². The monoisotopic (exact) mass is 310 g/mol. The lowest BCUT2D eigenvalue weighted by atomic mass is 9.85. The van der Waals surface area contributed by atoms with Gasteiger partial charge in [-0.15, -0.1) is 0 Å². The van der Waals surface area contributed by atoms with Crippen LogP contribution in [-0.4, -0.2) is 24.6 Å². The number of Topliss-reactive ketones (excluding diaryl/α,β-unsaturated/α-hetero) is 1. The SMILES string of the molecule is Cc1cc2c(cc1Br)C(=O)CC1(CCCOC1)O2. The number of ether oxygens (including phenoxy) is 2. The number of carbonyl (C=O) groups is 1. The van der Waals surface area contributed by atoms with Gasteiger partial charge in [-0.05, 0) is 37.5 Å². The second-order valence-electron chi connectivity index (χ2n) is 5.14. The maximum absolute atomic E-state index is 12.3. The Hall–Kier alpha value is -0.870. The van der Waals surface area contributed by atoms with Crippen molar-refractivity contribution < 1.29 is 14.3 Å². The second kappa shape index (κ2) is 4.35. The molecule has 2 heterocycles. The van der Waals surface area contributed by atoms with Gasteiger partial charge in [0.1, 0.15) is 11.4 Å². The standard InChI is InChI=1S/C14H15BrO3/c1-9-5-13-10(6-11(9)15)12(16)7-14(18-13)3-2-4-17-8-14/h5-6H,2-4,7-8H2,1H3. The number of halogens is 1. The first-order chi connectivity index (χ1) is 8.60. The minimum absolute atomic E-state index is 0.155. The average Bonchev–Trinajstić information content (AvgIpc) is 2.33. The summed E-state index contributed by atoms with van der Waals surface area (Å²) in [4.78, 5) is 12.3. The summed E-state index contributed by atoms with van der Waals surface area (Å²) in [5.41, 5.74) is 1.33. The maximum atomic E-state index is 12.3. The Morgan fingerprint density at radius 1 is 1.39 bits per heavy atom. The Kier molecular flexibility index (Phi) is 2.94. The van der Waals surface area contributed by atoms with Crippen LogP contribution in [0.4, 0.5) is 0 Å². The fraction of sp³-hybridized carbons (Fsp3) is 0.500. The van der Waals surface area contributed by atoms with E-state index in [4.69, 9.17) is 9.47 Å². The van der Waals surface area contributed by atoms with E-state index in [1.165, 1.54) is 0 Å². The van der Waals surface area contributed by atoms with Crippen molar-refractivity contribution in [2.45, 2.75) is 31.8 Å². The summed E-state index contributed by atoms with van der Waals surface area (Å²) in [5.74, 6) is 0.861. The quantitative estimate of drug-likeness (QED) is 0.738. The highest BCUT2D eigenvalue weighted by Crippen LogP contribution is 2.39. The number of hydrogen-bond acceptors (Lipinski definition) is 3. The van der Waals surface area contributed by atoms with Gasteiger partial charge < -0.3 is 9.47 Å². The van der Waals surface area contributed by atoms with Gasteiger partial charge in [0.05, 0.1) is 18.6 Å². The van der Waals surface area contributed by atoms with Gasteiger partial charge in [0.15, 0.2) is 5.78 Å². The Morgan fingerprint density at radius 3 is 2.94 bits per heavy atom. The minimum atomic E-state index is -0.428. The number of rotatable bonds is 0. The van der Waals surface area contributed by atoms with Crippen molar-refractivity contribution in [2.24, 2.45) is 0 Å². The summed E-state index contributed by atoms with van der Waals surface area (Å²) in [7, 11) is 0. The van der Waals surface area contributed by atoms with E-state index in [0.29, 0.717) is 24.3 Å². The van der Waals surface area contributed by atoms with E-state index < -0.39 is 5.60 Å². The van der Waals surface area contributed by atoms with E-state index >= 15 is 0 Å². The van der Waals surface area contributed by atoms with Crippen molar-refractivity contribution in [3.8, 4) is 5.75 Å². The molecule has 1 aromatic rings. The Bertz CT molecular complexity index is 504. The first-order valence-corrected chi connectivity index (χ1v) is 6.99. The number of ketones is 1. The van der Waals surface area contributed by atoms with Crippen molar-refractivity contribution in [3.05, 3.63) is 27.7 Å². The smallest absolute Gasteiger partial charge is 0.170 e. The molecule has 1 unspecified atom stereocenters. The molecule has 3 nitrogen and oxygen atoms in total. The van der Waals surface area contributed by atoms with Crippen LogP contribution in [0.5, 0.6) is 5.75 Å². The van der Waals surface area contributed by atoms with Crippen LogP contribution in [0.2, 0.25) is 0 Å². The van der Waals surface area contributed by atoms with E-state index in [9.17, 15) is 4.79 Å². The topological polar surface area (TPSA) is 35.5 Å². The van der Waals surface area contributed by atoms with Crippen LogP contribution in [0.1, 0.15) is 35.2 Å². The molecule has 96 valence electrons. The van der Waals surface area contributed by atoms with Crippen molar-refractivity contribution in [3.63, 3.8) is 0 Å². The molecule has 0 aliphatic carbocycles. The van der Waals surface area contributed by atoms with Gasteiger partial charge in [0, 0.05) is 11.1 Å².